The number of hydrogen-bond donors (Lipinski definition) is 2. The van der Waals surface area contributed by atoms with Gasteiger partial charge in [-0.15, -0.1) is 0 Å². The lowest BCUT2D eigenvalue weighted by Crippen LogP contribution is -2.07. The molecule has 3 aromatic rings. The van der Waals surface area contributed by atoms with Gasteiger partial charge in [0.2, 0.25) is 0 Å². The molecule has 2 atom stereocenters. The summed E-state index contributed by atoms with van der Waals surface area (Å²) >= 11 is 0. The van der Waals surface area contributed by atoms with E-state index in [1.807, 2.05) is 0 Å². The molecule has 5 heterocycles. The number of nitrogens with one attached hydrogen (secondary N) is 2. The van der Waals surface area contributed by atoms with E-state index in [1.54, 1.807) is 0 Å². The van der Waals surface area contributed by atoms with Crippen LogP contribution in [0.3, 0.4) is 0 Å². The lowest BCUT2D eigenvalue weighted by Gasteiger charge is -2.22. The Hall–Kier alpha value is -3.40. The van der Waals surface area contributed by atoms with E-state index in [-0.39, 0.29) is 0 Å². The van der Waals surface area contributed by atoms with Crippen LogP contribution in [0.25, 0.3) is 46.4 Å². The van der Waals surface area contributed by atoms with Crippen molar-refractivity contribution >= 4 is 46.4 Å². The fourth-order valence-electron chi connectivity index (χ4n) is 6.05. The summed E-state index contributed by atoms with van der Waals surface area (Å²) < 4.78 is 0. The van der Waals surface area contributed by atoms with Crippen LogP contribution in [0.1, 0.15) is 97.1 Å². The molecule has 4 heteroatoms. The third-order valence-electron chi connectivity index (χ3n) is 7.80. The molecule has 2 saturated carbocycles. The molecule has 2 aliphatic heterocycles. The molecule has 3 aromatic heterocycles. The van der Waals surface area contributed by atoms with Gasteiger partial charge in [-0.2, -0.15) is 0 Å². The van der Waals surface area contributed by atoms with Gasteiger partial charge in [0.15, 0.2) is 0 Å². The number of fused-ring (bicyclic) bond motifs is 8. The highest BCUT2D eigenvalue weighted by Crippen LogP contribution is 2.38. The molecule has 0 amide bonds. The summed E-state index contributed by atoms with van der Waals surface area (Å²) in [4.78, 5) is 17.5. The van der Waals surface area contributed by atoms with E-state index < -0.39 is 0 Å². The van der Waals surface area contributed by atoms with Gasteiger partial charge < -0.3 is 9.97 Å². The molecule has 4 radical (unpaired) electrons. The smallest absolute Gasteiger partial charge is 0.0693 e. The van der Waals surface area contributed by atoms with E-state index in [0.717, 1.165) is 70.5 Å². The molecule has 2 unspecified atom stereocenters. The summed E-state index contributed by atoms with van der Waals surface area (Å²) in [6.45, 7) is 0. The summed E-state index contributed by atoms with van der Waals surface area (Å²) in [6.07, 6.45) is 25.3. The van der Waals surface area contributed by atoms with Crippen molar-refractivity contribution in [3.8, 4) is 0 Å². The van der Waals surface area contributed by atoms with Gasteiger partial charge in [0.25, 0.3) is 0 Å². The lowest BCUT2D eigenvalue weighted by molar-refractivity contribution is 0.534. The maximum Gasteiger partial charge on any atom is 0.0693 e. The zero-order valence-electron chi connectivity index (χ0n) is 20.5. The minimum absolute atomic E-state index is 0.299. The Morgan fingerprint density at radius 3 is 1.56 bits per heavy atom. The molecule has 178 valence electrons. The molecular formula is C32H30N4. The summed E-state index contributed by atoms with van der Waals surface area (Å²) in [5.41, 5.74) is 10.9. The van der Waals surface area contributed by atoms with E-state index >= 15 is 0 Å². The van der Waals surface area contributed by atoms with Gasteiger partial charge in [-0.25, -0.2) is 9.97 Å². The van der Waals surface area contributed by atoms with E-state index in [9.17, 15) is 0 Å². The van der Waals surface area contributed by atoms with Crippen molar-refractivity contribution in [2.75, 3.05) is 0 Å². The zero-order valence-corrected chi connectivity index (χ0v) is 20.5. The van der Waals surface area contributed by atoms with Crippen LogP contribution in [-0.2, 0) is 0 Å². The standard InChI is InChI=1S/C32H30N4/c1-3-7-21(8-4-1)31-27-15-11-23(33-27)19-25-13-17-29(35-25)32(22-9-5-2-6-10-22)30-18-14-26(36-30)20-24-12-16-28(31)34-24/h11-22,33,36H,1-7,9H2. The Balaban J connectivity index is 1.49. The number of nitrogens with zero attached hydrogens (tertiary/aromatic N) is 2. The molecule has 7 rings (SSSR count). The molecule has 2 N–H and O–H groups in total. The Kier molecular flexibility index (Phi) is 5.61. The van der Waals surface area contributed by atoms with Crippen molar-refractivity contribution in [2.45, 2.75) is 63.2 Å². The van der Waals surface area contributed by atoms with Gasteiger partial charge in [-0.05, 0) is 111 Å². The number of H-pyrrole nitrogens is 2. The molecular weight excluding hydrogens is 440 g/mol. The average molecular weight is 471 g/mol. The lowest BCUT2D eigenvalue weighted by atomic mass is 9.83. The first-order valence-corrected chi connectivity index (χ1v) is 13.4. The third-order valence-corrected chi connectivity index (χ3v) is 7.80. The predicted molar refractivity (Wildman–Crippen MR) is 148 cm³/mol. The highest BCUT2D eigenvalue weighted by atomic mass is 14.8. The van der Waals surface area contributed by atoms with Gasteiger partial charge >= 0.3 is 0 Å². The molecule has 2 fully saturated rings. The fraction of sp³-hybridized carbons (Fsp3) is 0.312. The number of hydrogen-bond acceptors (Lipinski definition) is 2. The topological polar surface area (TPSA) is 57.4 Å². The van der Waals surface area contributed by atoms with Gasteiger partial charge in [-0.1, -0.05) is 25.7 Å². The Bertz CT molecular complexity index is 1390. The first-order chi connectivity index (χ1) is 17.8. The highest BCUT2D eigenvalue weighted by Gasteiger charge is 2.23. The SMILES string of the molecule is [C]1CCCCC1c1c2nc(cc3ccc([nH]3)c(C3[C]CCCC3)c3nc(cc4ccc1[nH]4)C=C3)C=C2. The van der Waals surface area contributed by atoms with Crippen LogP contribution in [0.15, 0.2) is 36.4 Å². The van der Waals surface area contributed by atoms with Crippen LogP contribution in [0, 0.1) is 12.8 Å². The van der Waals surface area contributed by atoms with Gasteiger partial charge in [0.05, 0.1) is 22.8 Å². The second-order valence-electron chi connectivity index (χ2n) is 10.3. The van der Waals surface area contributed by atoms with Gasteiger partial charge in [0, 0.05) is 33.2 Å². The van der Waals surface area contributed by atoms with Crippen LogP contribution in [0.4, 0.5) is 0 Å². The molecule has 36 heavy (non-hydrogen) atoms. The Morgan fingerprint density at radius 2 is 1.11 bits per heavy atom. The molecule has 0 aromatic carbocycles. The van der Waals surface area contributed by atoms with Crippen molar-refractivity contribution in [1.29, 1.82) is 0 Å². The zero-order chi connectivity index (χ0) is 23.9. The summed E-state index contributed by atoms with van der Waals surface area (Å²) in [6, 6.07) is 13.0. The summed E-state index contributed by atoms with van der Waals surface area (Å²) in [5, 5.41) is 0. The van der Waals surface area contributed by atoms with Crippen molar-refractivity contribution in [3.63, 3.8) is 0 Å². The van der Waals surface area contributed by atoms with Crippen molar-refractivity contribution < 1.29 is 0 Å². The van der Waals surface area contributed by atoms with Crippen LogP contribution < -0.4 is 0 Å². The number of aromatic nitrogens is 4. The number of rotatable bonds is 2. The van der Waals surface area contributed by atoms with Crippen LogP contribution >= 0.6 is 0 Å². The highest BCUT2D eigenvalue weighted by molar-refractivity contribution is 5.81. The molecule has 0 saturated heterocycles. The maximum atomic E-state index is 5.07. The van der Waals surface area contributed by atoms with Crippen molar-refractivity contribution in [3.05, 3.63) is 83.1 Å². The summed E-state index contributed by atoms with van der Waals surface area (Å²) in [5.74, 6) is 0.598. The minimum Gasteiger partial charge on any atom is -0.355 e. The van der Waals surface area contributed by atoms with Crippen LogP contribution in [0.5, 0.6) is 0 Å². The Morgan fingerprint density at radius 1 is 0.611 bits per heavy atom. The quantitative estimate of drug-likeness (QED) is 0.274. The van der Waals surface area contributed by atoms with E-state index in [0.29, 0.717) is 11.8 Å². The molecule has 8 bridgehead atoms. The normalized spacial score (nSPS) is 18.7. The van der Waals surface area contributed by atoms with E-state index in [4.69, 9.17) is 9.97 Å². The average Bonchev–Trinajstić information content (AvgIpc) is 3.72. The van der Waals surface area contributed by atoms with E-state index in [2.05, 4.69) is 83.5 Å². The molecule has 0 spiro atoms. The molecule has 4 nitrogen and oxygen atoms in total. The predicted octanol–water partition coefficient (Wildman–Crippen LogP) is 8.13. The van der Waals surface area contributed by atoms with E-state index in [1.165, 1.54) is 36.8 Å². The van der Waals surface area contributed by atoms with Crippen LogP contribution in [-0.4, -0.2) is 19.9 Å². The van der Waals surface area contributed by atoms with Crippen molar-refractivity contribution in [2.24, 2.45) is 0 Å². The first-order valence-electron chi connectivity index (χ1n) is 13.4. The monoisotopic (exact) mass is 470 g/mol. The number of aromatic amines is 2. The van der Waals surface area contributed by atoms with Crippen molar-refractivity contribution in [1.82, 2.24) is 19.9 Å². The van der Waals surface area contributed by atoms with Crippen LogP contribution in [0.2, 0.25) is 0 Å². The fourth-order valence-corrected chi connectivity index (χ4v) is 6.05. The van der Waals surface area contributed by atoms with Gasteiger partial charge in [0.1, 0.15) is 0 Å². The van der Waals surface area contributed by atoms with Gasteiger partial charge in [-0.3, -0.25) is 0 Å². The second-order valence-corrected chi connectivity index (χ2v) is 10.3. The summed E-state index contributed by atoms with van der Waals surface area (Å²) in [7, 11) is 0. The second kappa shape index (κ2) is 9.24. The first kappa shape index (κ1) is 21.8. The molecule has 2 aliphatic carbocycles. The maximum absolute atomic E-state index is 5.07. The third kappa shape index (κ3) is 4.13. The largest absolute Gasteiger partial charge is 0.355 e. The molecule has 4 aliphatic rings. The Labute approximate surface area is 212 Å². The minimum atomic E-state index is 0.299.